The first-order valence-corrected chi connectivity index (χ1v) is 5.24. The highest BCUT2D eigenvalue weighted by Crippen LogP contribution is 2.15. The molecule has 0 spiro atoms. The molecule has 86 valence electrons. The lowest BCUT2D eigenvalue weighted by atomic mass is 9.98. The Morgan fingerprint density at radius 2 is 2.00 bits per heavy atom. The van der Waals surface area contributed by atoms with Crippen molar-refractivity contribution < 1.29 is 4.79 Å². The second kappa shape index (κ2) is 5.18. The van der Waals surface area contributed by atoms with Gasteiger partial charge in [0.1, 0.15) is 5.92 Å². The quantitative estimate of drug-likeness (QED) is 0.799. The van der Waals surface area contributed by atoms with E-state index in [0.717, 1.165) is 0 Å². The first-order valence-electron chi connectivity index (χ1n) is 5.24. The number of rotatable bonds is 3. The van der Waals surface area contributed by atoms with Gasteiger partial charge >= 0.3 is 0 Å². The van der Waals surface area contributed by atoms with E-state index in [-0.39, 0.29) is 5.91 Å². The van der Waals surface area contributed by atoms with Crippen LogP contribution in [0, 0.1) is 23.7 Å². The summed E-state index contributed by atoms with van der Waals surface area (Å²) in [6.07, 6.45) is 5.29. The maximum absolute atomic E-state index is 11.9. The van der Waals surface area contributed by atoms with Gasteiger partial charge in [0.05, 0.1) is 11.6 Å². The minimum absolute atomic E-state index is 0.373. The predicted molar refractivity (Wildman–Crippen MR) is 65.9 cm³/mol. The van der Waals surface area contributed by atoms with Gasteiger partial charge in [-0.1, -0.05) is 36.3 Å². The van der Waals surface area contributed by atoms with E-state index >= 15 is 0 Å². The van der Waals surface area contributed by atoms with Gasteiger partial charge in [-0.2, -0.15) is 5.26 Å². The molecule has 1 aromatic carbocycles. The van der Waals surface area contributed by atoms with Gasteiger partial charge in [0.15, 0.2) is 0 Å². The summed E-state index contributed by atoms with van der Waals surface area (Å²) in [4.78, 5) is 11.9. The molecule has 0 saturated heterocycles. The van der Waals surface area contributed by atoms with Crippen LogP contribution in [0.3, 0.4) is 0 Å². The van der Waals surface area contributed by atoms with E-state index in [2.05, 4.69) is 11.2 Å². The number of amides is 1. The van der Waals surface area contributed by atoms with Crippen molar-refractivity contribution in [1.82, 2.24) is 5.32 Å². The number of nitriles is 1. The molecule has 1 aromatic rings. The topological polar surface area (TPSA) is 52.9 Å². The standard InChI is InChI=1S/C14H14N2O/c1-4-14(2,3)16-13(17)12(10-15)11-8-6-5-7-9-11/h1,5-9,12H,2-3H3,(H,16,17). The normalized spacial score (nSPS) is 12.0. The van der Waals surface area contributed by atoms with Crippen LogP contribution in [-0.2, 0) is 4.79 Å². The van der Waals surface area contributed by atoms with Gasteiger partial charge in [-0.25, -0.2) is 0 Å². The second-order valence-corrected chi connectivity index (χ2v) is 4.23. The van der Waals surface area contributed by atoms with Crippen LogP contribution in [0.25, 0.3) is 0 Å². The summed E-state index contributed by atoms with van der Waals surface area (Å²) in [5.41, 5.74) is -0.0821. The van der Waals surface area contributed by atoms with Gasteiger partial charge in [-0.15, -0.1) is 6.42 Å². The zero-order valence-corrected chi connectivity index (χ0v) is 9.90. The first kappa shape index (κ1) is 12.8. The van der Waals surface area contributed by atoms with Crippen molar-refractivity contribution in [2.75, 3.05) is 0 Å². The van der Waals surface area contributed by atoms with Crippen LogP contribution < -0.4 is 5.32 Å². The molecule has 0 saturated carbocycles. The van der Waals surface area contributed by atoms with Crippen molar-refractivity contribution in [3.63, 3.8) is 0 Å². The SMILES string of the molecule is C#CC(C)(C)NC(=O)C(C#N)c1ccccc1. The summed E-state index contributed by atoms with van der Waals surface area (Å²) in [6, 6.07) is 10.9. The Bertz CT molecular complexity index is 477. The fourth-order valence-electron chi connectivity index (χ4n) is 1.35. The molecule has 0 aliphatic heterocycles. The third kappa shape index (κ3) is 3.36. The Morgan fingerprint density at radius 3 is 2.47 bits per heavy atom. The zero-order valence-electron chi connectivity index (χ0n) is 9.90. The van der Waals surface area contributed by atoms with Gasteiger partial charge in [0.25, 0.3) is 0 Å². The summed E-state index contributed by atoms with van der Waals surface area (Å²) in [6.45, 7) is 3.43. The van der Waals surface area contributed by atoms with Crippen molar-refractivity contribution in [2.24, 2.45) is 0 Å². The largest absolute Gasteiger partial charge is 0.339 e. The smallest absolute Gasteiger partial charge is 0.243 e. The molecule has 0 aliphatic carbocycles. The summed E-state index contributed by atoms with van der Waals surface area (Å²) in [5, 5.41) is 11.7. The van der Waals surface area contributed by atoms with Crippen molar-refractivity contribution in [2.45, 2.75) is 25.3 Å². The highest BCUT2D eigenvalue weighted by Gasteiger charge is 2.25. The lowest BCUT2D eigenvalue weighted by molar-refractivity contribution is -0.122. The minimum atomic E-state index is -0.830. The van der Waals surface area contributed by atoms with Crippen LogP contribution >= 0.6 is 0 Å². The number of hydrogen-bond donors (Lipinski definition) is 1. The molecule has 0 heterocycles. The fourth-order valence-corrected chi connectivity index (χ4v) is 1.35. The average molecular weight is 226 g/mol. The number of hydrogen-bond acceptors (Lipinski definition) is 2. The van der Waals surface area contributed by atoms with Gasteiger partial charge < -0.3 is 5.32 Å². The fraction of sp³-hybridized carbons (Fsp3) is 0.286. The highest BCUT2D eigenvalue weighted by atomic mass is 16.2. The van der Waals surface area contributed by atoms with Crippen LogP contribution in [-0.4, -0.2) is 11.4 Å². The van der Waals surface area contributed by atoms with Crippen LogP contribution in [0.1, 0.15) is 25.3 Å². The van der Waals surface area contributed by atoms with Crippen molar-refractivity contribution >= 4 is 5.91 Å². The Morgan fingerprint density at radius 1 is 1.41 bits per heavy atom. The third-order valence-electron chi connectivity index (χ3n) is 2.32. The average Bonchev–Trinajstić information content (AvgIpc) is 2.31. The van der Waals surface area contributed by atoms with Crippen LogP contribution in [0.4, 0.5) is 0 Å². The number of terminal acetylenes is 1. The van der Waals surface area contributed by atoms with Crippen LogP contribution in [0.15, 0.2) is 30.3 Å². The van der Waals surface area contributed by atoms with E-state index < -0.39 is 11.5 Å². The van der Waals surface area contributed by atoms with Gasteiger partial charge in [-0.3, -0.25) is 4.79 Å². The van der Waals surface area contributed by atoms with Crippen molar-refractivity contribution in [3.05, 3.63) is 35.9 Å². The summed E-state index contributed by atoms with van der Waals surface area (Å²) in [5.74, 6) is 1.26. The first-order chi connectivity index (χ1) is 8.00. The number of nitrogens with one attached hydrogen (secondary N) is 1. The van der Waals surface area contributed by atoms with E-state index in [0.29, 0.717) is 5.56 Å². The molecular weight excluding hydrogens is 212 g/mol. The van der Waals surface area contributed by atoms with E-state index in [4.69, 9.17) is 11.7 Å². The Balaban J connectivity index is 2.89. The van der Waals surface area contributed by atoms with E-state index in [1.165, 1.54) is 0 Å². The summed E-state index contributed by atoms with van der Waals surface area (Å²) >= 11 is 0. The Hall–Kier alpha value is -2.26. The molecule has 3 nitrogen and oxygen atoms in total. The Kier molecular flexibility index (Phi) is 3.91. The lowest BCUT2D eigenvalue weighted by Gasteiger charge is -2.21. The highest BCUT2D eigenvalue weighted by molar-refractivity contribution is 5.87. The maximum Gasteiger partial charge on any atom is 0.243 e. The monoisotopic (exact) mass is 226 g/mol. The molecule has 17 heavy (non-hydrogen) atoms. The summed E-state index contributed by atoms with van der Waals surface area (Å²) in [7, 11) is 0. The van der Waals surface area contributed by atoms with E-state index in [1.54, 1.807) is 38.1 Å². The molecule has 1 atom stereocenters. The van der Waals surface area contributed by atoms with Crippen LogP contribution in [0.2, 0.25) is 0 Å². The minimum Gasteiger partial charge on any atom is -0.339 e. The van der Waals surface area contributed by atoms with Gasteiger partial charge in [0, 0.05) is 0 Å². The van der Waals surface area contributed by atoms with Crippen molar-refractivity contribution in [3.8, 4) is 18.4 Å². The lowest BCUT2D eigenvalue weighted by Crippen LogP contribution is -2.44. The number of carbonyl (C=O) groups is 1. The molecule has 0 radical (unpaired) electrons. The van der Waals surface area contributed by atoms with E-state index in [1.807, 2.05) is 12.1 Å². The predicted octanol–water partition coefficient (Wildman–Crippen LogP) is 1.82. The molecule has 0 fully saturated rings. The number of carbonyl (C=O) groups excluding carboxylic acids is 1. The molecule has 1 rings (SSSR count). The third-order valence-corrected chi connectivity index (χ3v) is 2.32. The zero-order chi connectivity index (χ0) is 12.9. The van der Waals surface area contributed by atoms with Crippen molar-refractivity contribution in [1.29, 1.82) is 5.26 Å². The van der Waals surface area contributed by atoms with Crippen LogP contribution in [0.5, 0.6) is 0 Å². The summed E-state index contributed by atoms with van der Waals surface area (Å²) < 4.78 is 0. The molecule has 0 aliphatic rings. The van der Waals surface area contributed by atoms with Gasteiger partial charge in [-0.05, 0) is 19.4 Å². The molecule has 0 bridgehead atoms. The molecular formula is C14H14N2O. The second-order valence-electron chi connectivity index (χ2n) is 4.23. The molecule has 1 unspecified atom stereocenters. The molecule has 3 heteroatoms. The van der Waals surface area contributed by atoms with E-state index in [9.17, 15) is 4.79 Å². The Labute approximate surface area is 101 Å². The van der Waals surface area contributed by atoms with Gasteiger partial charge in [0.2, 0.25) is 5.91 Å². The molecule has 1 N–H and O–H groups in total. The number of nitrogens with zero attached hydrogens (tertiary/aromatic N) is 1. The molecule has 0 aromatic heterocycles. The maximum atomic E-state index is 11.9. The number of benzene rings is 1. The molecule has 1 amide bonds.